The lowest BCUT2D eigenvalue weighted by Crippen LogP contribution is -2.08. The van der Waals surface area contributed by atoms with Gasteiger partial charge in [0.25, 0.3) is 0 Å². The van der Waals surface area contributed by atoms with Crippen LogP contribution in [0.3, 0.4) is 0 Å². The van der Waals surface area contributed by atoms with Gasteiger partial charge in [0.05, 0.1) is 12.7 Å². The van der Waals surface area contributed by atoms with E-state index in [4.69, 9.17) is 10.5 Å². The molecule has 3 nitrogen and oxygen atoms in total. The van der Waals surface area contributed by atoms with Crippen LogP contribution in [0.1, 0.15) is 32.6 Å². The summed E-state index contributed by atoms with van der Waals surface area (Å²) in [7, 11) is 1.60. The monoisotopic (exact) mass is 269 g/mol. The fourth-order valence-corrected chi connectivity index (χ4v) is 2.37. The predicted octanol–water partition coefficient (Wildman–Crippen LogP) is 3.43. The number of hydrogen-bond donors (Lipinski definition) is 1. The number of anilines is 1. The molecule has 2 rings (SSSR count). The molecule has 20 heavy (non-hydrogen) atoms. The summed E-state index contributed by atoms with van der Waals surface area (Å²) in [5, 5.41) is 0. The Hall–Kier alpha value is -2.29. The summed E-state index contributed by atoms with van der Waals surface area (Å²) in [6, 6.07) is 8.96. The Labute approximate surface area is 119 Å². The summed E-state index contributed by atoms with van der Waals surface area (Å²) in [5.74, 6) is 0.617. The van der Waals surface area contributed by atoms with Crippen LogP contribution in [0.5, 0.6) is 5.75 Å². The van der Waals surface area contributed by atoms with Gasteiger partial charge in [-0.15, -0.1) is 0 Å². The second-order valence-electron chi connectivity index (χ2n) is 4.99. The molecule has 2 aromatic carbocycles. The van der Waals surface area contributed by atoms with Crippen molar-refractivity contribution < 1.29 is 9.53 Å². The molecule has 2 N–H and O–H groups in total. The zero-order chi connectivity index (χ0) is 14.9. The van der Waals surface area contributed by atoms with Gasteiger partial charge >= 0.3 is 0 Å². The highest BCUT2D eigenvalue weighted by atomic mass is 16.5. The molecule has 0 saturated carbocycles. The van der Waals surface area contributed by atoms with Gasteiger partial charge in [-0.2, -0.15) is 0 Å². The fraction of sp³-hybridized carbons (Fsp3) is 0.235. The fourth-order valence-electron chi connectivity index (χ4n) is 2.37. The maximum atomic E-state index is 12.7. The summed E-state index contributed by atoms with van der Waals surface area (Å²) in [6.07, 6.45) is 0. The predicted molar refractivity (Wildman–Crippen MR) is 81.5 cm³/mol. The van der Waals surface area contributed by atoms with Crippen molar-refractivity contribution in [3.05, 3.63) is 58.1 Å². The van der Waals surface area contributed by atoms with Gasteiger partial charge in [-0.25, -0.2) is 0 Å². The van der Waals surface area contributed by atoms with Crippen molar-refractivity contribution in [1.82, 2.24) is 0 Å². The number of rotatable bonds is 3. The van der Waals surface area contributed by atoms with Crippen molar-refractivity contribution in [2.24, 2.45) is 0 Å². The van der Waals surface area contributed by atoms with Crippen LogP contribution in [-0.2, 0) is 0 Å². The van der Waals surface area contributed by atoms with E-state index in [9.17, 15) is 4.79 Å². The summed E-state index contributed by atoms with van der Waals surface area (Å²) in [6.45, 7) is 5.91. The van der Waals surface area contributed by atoms with Crippen LogP contribution < -0.4 is 10.5 Å². The van der Waals surface area contributed by atoms with E-state index in [-0.39, 0.29) is 5.78 Å². The number of carbonyl (C=O) groups is 1. The van der Waals surface area contributed by atoms with Crippen molar-refractivity contribution in [3.63, 3.8) is 0 Å². The molecular weight excluding hydrogens is 250 g/mol. The minimum absolute atomic E-state index is 0.0394. The zero-order valence-corrected chi connectivity index (χ0v) is 12.3. The maximum absolute atomic E-state index is 12.7. The number of methoxy groups -OCH3 is 1. The lowest BCUT2D eigenvalue weighted by molar-refractivity contribution is 0.103. The SMILES string of the molecule is COc1c(C)c(C)cc(C)c1C(=O)c1ccc(N)cc1. The van der Waals surface area contributed by atoms with Gasteiger partial charge in [-0.1, -0.05) is 6.07 Å². The lowest BCUT2D eigenvalue weighted by Gasteiger charge is -2.16. The number of ketones is 1. The summed E-state index contributed by atoms with van der Waals surface area (Å²) < 4.78 is 5.46. The third-order valence-electron chi connectivity index (χ3n) is 3.59. The van der Waals surface area contributed by atoms with Gasteiger partial charge in [0.1, 0.15) is 5.75 Å². The Morgan fingerprint density at radius 3 is 2.20 bits per heavy atom. The first-order valence-corrected chi connectivity index (χ1v) is 6.50. The van der Waals surface area contributed by atoms with E-state index in [1.807, 2.05) is 26.8 Å². The van der Waals surface area contributed by atoms with Gasteiger partial charge < -0.3 is 10.5 Å². The van der Waals surface area contributed by atoms with Gasteiger partial charge in [0.15, 0.2) is 5.78 Å². The lowest BCUT2D eigenvalue weighted by atomic mass is 9.93. The van der Waals surface area contributed by atoms with Crippen molar-refractivity contribution in [3.8, 4) is 5.75 Å². The van der Waals surface area contributed by atoms with Crippen LogP contribution in [0, 0.1) is 20.8 Å². The number of hydrogen-bond acceptors (Lipinski definition) is 3. The summed E-state index contributed by atoms with van der Waals surface area (Å²) in [4.78, 5) is 12.7. The highest BCUT2D eigenvalue weighted by Gasteiger charge is 2.20. The number of nitrogens with two attached hydrogens (primary N) is 1. The average molecular weight is 269 g/mol. The Balaban J connectivity index is 2.60. The third kappa shape index (κ3) is 2.39. The van der Waals surface area contributed by atoms with Crippen LogP contribution in [0.2, 0.25) is 0 Å². The second-order valence-corrected chi connectivity index (χ2v) is 4.99. The molecule has 0 spiro atoms. The zero-order valence-electron chi connectivity index (χ0n) is 12.3. The van der Waals surface area contributed by atoms with Gasteiger partial charge in [-0.3, -0.25) is 4.79 Å². The Morgan fingerprint density at radius 1 is 1.05 bits per heavy atom. The number of benzene rings is 2. The Bertz CT molecular complexity index is 658. The molecule has 0 amide bonds. The summed E-state index contributed by atoms with van der Waals surface area (Å²) in [5.41, 5.74) is 10.6. The van der Waals surface area contributed by atoms with Crippen molar-refractivity contribution in [2.75, 3.05) is 12.8 Å². The molecule has 0 atom stereocenters. The largest absolute Gasteiger partial charge is 0.496 e. The number of aryl methyl sites for hydroxylation is 2. The first-order valence-electron chi connectivity index (χ1n) is 6.50. The van der Waals surface area contributed by atoms with Gasteiger partial charge in [0.2, 0.25) is 0 Å². The van der Waals surface area contributed by atoms with Crippen molar-refractivity contribution >= 4 is 11.5 Å². The topological polar surface area (TPSA) is 52.3 Å². The molecule has 104 valence electrons. The first kappa shape index (κ1) is 14.1. The van der Waals surface area contributed by atoms with E-state index in [1.165, 1.54) is 0 Å². The molecule has 0 aliphatic rings. The van der Waals surface area contributed by atoms with Crippen LogP contribution in [0.4, 0.5) is 5.69 Å². The van der Waals surface area contributed by atoms with E-state index in [1.54, 1.807) is 31.4 Å². The number of nitrogen functional groups attached to an aromatic ring is 1. The second kappa shape index (κ2) is 5.37. The van der Waals surface area contributed by atoms with E-state index in [0.717, 1.165) is 16.7 Å². The van der Waals surface area contributed by atoms with Crippen molar-refractivity contribution in [2.45, 2.75) is 20.8 Å². The van der Waals surface area contributed by atoms with E-state index >= 15 is 0 Å². The molecule has 3 heteroatoms. The standard InChI is InChI=1S/C17H19NO2/c1-10-9-11(2)15(17(20-4)12(10)3)16(19)13-5-7-14(18)8-6-13/h5-9H,18H2,1-4H3. The van der Waals surface area contributed by atoms with Crippen LogP contribution in [0.15, 0.2) is 30.3 Å². The molecule has 2 aromatic rings. The first-order chi connectivity index (χ1) is 9.45. The Kier molecular flexibility index (Phi) is 3.79. The van der Waals surface area contributed by atoms with E-state index < -0.39 is 0 Å². The van der Waals surface area contributed by atoms with Crippen molar-refractivity contribution in [1.29, 1.82) is 0 Å². The molecule has 0 heterocycles. The number of ether oxygens (including phenoxy) is 1. The average Bonchev–Trinajstić information content (AvgIpc) is 2.42. The number of carbonyl (C=O) groups excluding carboxylic acids is 1. The highest BCUT2D eigenvalue weighted by molar-refractivity contribution is 6.12. The minimum Gasteiger partial charge on any atom is -0.496 e. The molecular formula is C17H19NO2. The van der Waals surface area contributed by atoms with Crippen LogP contribution in [0.25, 0.3) is 0 Å². The molecule has 0 fully saturated rings. The van der Waals surface area contributed by atoms with E-state index in [0.29, 0.717) is 22.6 Å². The maximum Gasteiger partial charge on any atom is 0.197 e. The Morgan fingerprint density at radius 2 is 1.65 bits per heavy atom. The smallest absolute Gasteiger partial charge is 0.197 e. The molecule has 0 saturated heterocycles. The van der Waals surface area contributed by atoms with Gasteiger partial charge in [0, 0.05) is 11.3 Å². The molecule has 0 aliphatic carbocycles. The molecule has 0 radical (unpaired) electrons. The minimum atomic E-state index is -0.0394. The molecule has 0 aromatic heterocycles. The van der Waals surface area contributed by atoms with E-state index in [2.05, 4.69) is 0 Å². The molecule has 0 bridgehead atoms. The quantitative estimate of drug-likeness (QED) is 0.686. The normalized spacial score (nSPS) is 10.4. The highest BCUT2D eigenvalue weighted by Crippen LogP contribution is 2.31. The third-order valence-corrected chi connectivity index (χ3v) is 3.59. The molecule has 0 unspecified atom stereocenters. The summed E-state index contributed by atoms with van der Waals surface area (Å²) >= 11 is 0. The molecule has 0 aliphatic heterocycles. The van der Waals surface area contributed by atoms with Crippen LogP contribution >= 0.6 is 0 Å². The van der Waals surface area contributed by atoms with Crippen LogP contribution in [-0.4, -0.2) is 12.9 Å². The van der Waals surface area contributed by atoms with Gasteiger partial charge in [-0.05, 0) is 61.7 Å².